The van der Waals surface area contributed by atoms with Crippen LogP contribution >= 0.6 is 0 Å². The minimum Gasteiger partial charge on any atom is -0.394 e. The first kappa shape index (κ1) is 50.2. The summed E-state index contributed by atoms with van der Waals surface area (Å²) in [6.07, 6.45) is 27.4. The highest BCUT2D eigenvalue weighted by atomic mass is 16.6. The average Bonchev–Trinajstić information content (AvgIpc) is 3.15. The third kappa shape index (κ3) is 22.7. The molecule has 1 heterocycles. The number of aliphatic hydroxyl groups is 3. The van der Waals surface area contributed by atoms with Crippen LogP contribution in [0.15, 0.2) is 0 Å². The predicted octanol–water partition coefficient (Wildman–Crippen LogP) is 7.20. The Morgan fingerprint density at radius 3 is 1.52 bits per heavy atom. The van der Waals surface area contributed by atoms with Gasteiger partial charge in [0.1, 0.15) is 12.2 Å². The number of hydrogen-bond acceptors (Lipinski definition) is 8. The van der Waals surface area contributed by atoms with Crippen LogP contribution in [0.1, 0.15) is 206 Å². The number of nitrogens with one attached hydrogen (secondary N) is 2. The van der Waals surface area contributed by atoms with E-state index >= 15 is 0 Å². The molecule has 1 saturated heterocycles. The zero-order valence-electron chi connectivity index (χ0n) is 34.6. The summed E-state index contributed by atoms with van der Waals surface area (Å²) in [4.78, 5) is 38.8. The minimum atomic E-state index is -1.72. The van der Waals surface area contributed by atoms with E-state index in [4.69, 9.17) is 16.2 Å². The van der Waals surface area contributed by atoms with E-state index < -0.39 is 54.4 Å². The highest BCUT2D eigenvalue weighted by Crippen LogP contribution is 2.37. The molecule has 1 aliphatic rings. The maximum Gasteiger partial charge on any atom is 0.239 e. The van der Waals surface area contributed by atoms with Crippen molar-refractivity contribution in [1.82, 2.24) is 10.6 Å². The summed E-state index contributed by atoms with van der Waals surface area (Å²) in [5.74, 6) is -2.46. The van der Waals surface area contributed by atoms with E-state index in [1.165, 1.54) is 122 Å². The lowest BCUT2D eigenvalue weighted by Crippen LogP contribution is -2.69. The van der Waals surface area contributed by atoms with Crippen LogP contribution in [0.3, 0.4) is 0 Å². The molecule has 54 heavy (non-hydrogen) atoms. The second kappa shape index (κ2) is 32.3. The molecule has 0 radical (unpaired) electrons. The first-order chi connectivity index (χ1) is 26.1. The van der Waals surface area contributed by atoms with Crippen LogP contribution in [0.2, 0.25) is 0 Å². The Bertz CT molecular complexity index is 957. The molecule has 1 rings (SSSR count). The Morgan fingerprint density at radius 1 is 0.667 bits per heavy atom. The van der Waals surface area contributed by atoms with E-state index in [1.807, 2.05) is 0 Å². The second-order valence-corrected chi connectivity index (χ2v) is 16.2. The topological polar surface area (TPSA) is 197 Å². The molecule has 6 atom stereocenters. The fraction of sp³-hybridized carbons (Fsp3) is 0.930. The lowest BCUT2D eigenvalue weighted by Gasteiger charge is -2.49. The highest BCUT2D eigenvalue weighted by Gasteiger charge is 2.53. The number of carbonyl (C=O) groups is 3. The van der Waals surface area contributed by atoms with E-state index in [0.717, 1.165) is 38.5 Å². The number of primary amides is 1. The highest BCUT2D eigenvalue weighted by molar-refractivity contribution is 5.85. The van der Waals surface area contributed by atoms with Gasteiger partial charge in [-0.15, -0.1) is 0 Å². The van der Waals surface area contributed by atoms with E-state index in [9.17, 15) is 29.7 Å². The van der Waals surface area contributed by atoms with Crippen molar-refractivity contribution in [2.75, 3.05) is 13.2 Å². The maximum absolute atomic E-state index is 14.0. The normalized spacial score (nSPS) is 21.1. The van der Waals surface area contributed by atoms with Crippen molar-refractivity contribution in [1.29, 1.82) is 0 Å². The van der Waals surface area contributed by atoms with E-state index in [0.29, 0.717) is 19.4 Å². The average molecular weight is 769 g/mol. The molecule has 11 nitrogen and oxygen atoms in total. The number of aliphatic hydroxyl groups excluding tert-OH is 3. The first-order valence-corrected chi connectivity index (χ1v) is 22.4. The van der Waals surface area contributed by atoms with Crippen LogP contribution in [-0.2, 0) is 19.1 Å². The zero-order valence-corrected chi connectivity index (χ0v) is 34.6. The molecule has 1 fully saturated rings. The molecule has 0 spiro atoms. The van der Waals surface area contributed by atoms with Gasteiger partial charge in [0.05, 0.1) is 24.7 Å². The standard InChI is InChI=1S/C43H84N4O7/c1-3-5-7-9-11-13-15-17-18-19-21-23-25-27-29-35(41(52)46-32-28-26-24-22-20-16-14-12-10-8-6-4-2)43(33-37(49)40(51)38(34-48)54-43)47-42(53)36(44)30-31-39(45)50/h35-38,40,48-49,51H,3-34,44H2,1-2H3,(H2,45,50)(H,46,52)(H,47,53)/t35?,36-,37+,38+,40-,43-/m0/s1. The number of rotatable bonds is 36. The van der Waals surface area contributed by atoms with Crippen LogP contribution in [0.25, 0.3) is 0 Å². The van der Waals surface area contributed by atoms with Crippen LogP contribution in [0, 0.1) is 5.92 Å². The Kier molecular flexibility index (Phi) is 30.1. The summed E-state index contributed by atoms with van der Waals surface area (Å²) >= 11 is 0. The number of ether oxygens (including phenoxy) is 1. The van der Waals surface area contributed by atoms with Gasteiger partial charge in [-0.1, -0.05) is 174 Å². The van der Waals surface area contributed by atoms with E-state index in [1.54, 1.807) is 0 Å². The van der Waals surface area contributed by atoms with Crippen molar-refractivity contribution in [2.24, 2.45) is 17.4 Å². The van der Waals surface area contributed by atoms with Gasteiger partial charge in [0.2, 0.25) is 17.7 Å². The fourth-order valence-corrected chi connectivity index (χ4v) is 7.75. The van der Waals surface area contributed by atoms with Crippen molar-refractivity contribution in [3.8, 4) is 0 Å². The quantitative estimate of drug-likeness (QED) is 0.0325. The number of amides is 3. The number of unbranched alkanes of at least 4 members (excludes halogenated alkanes) is 24. The first-order valence-electron chi connectivity index (χ1n) is 22.4. The number of nitrogens with two attached hydrogens (primary N) is 2. The lowest BCUT2D eigenvalue weighted by molar-refractivity contribution is -0.250. The maximum atomic E-state index is 14.0. The summed E-state index contributed by atoms with van der Waals surface area (Å²) in [7, 11) is 0. The molecule has 0 aromatic rings. The van der Waals surface area contributed by atoms with Gasteiger partial charge in [-0.2, -0.15) is 0 Å². The molecule has 0 aromatic heterocycles. The van der Waals surface area contributed by atoms with Gasteiger partial charge in [0, 0.05) is 19.4 Å². The second-order valence-electron chi connectivity index (χ2n) is 16.2. The molecule has 1 unspecified atom stereocenters. The zero-order chi connectivity index (χ0) is 39.9. The van der Waals surface area contributed by atoms with Gasteiger partial charge in [-0.05, 0) is 19.3 Å². The van der Waals surface area contributed by atoms with Crippen LogP contribution in [0.4, 0.5) is 0 Å². The van der Waals surface area contributed by atoms with Gasteiger partial charge in [0.25, 0.3) is 0 Å². The summed E-state index contributed by atoms with van der Waals surface area (Å²) in [6, 6.07) is -1.11. The minimum absolute atomic E-state index is 0.000629. The molecule has 11 heteroatoms. The Hall–Kier alpha value is -1.79. The summed E-state index contributed by atoms with van der Waals surface area (Å²) in [5, 5.41) is 37.5. The summed E-state index contributed by atoms with van der Waals surface area (Å²) < 4.78 is 6.22. The molecule has 1 aliphatic heterocycles. The molecule has 0 aromatic carbocycles. The lowest BCUT2D eigenvalue weighted by atomic mass is 9.80. The van der Waals surface area contributed by atoms with Crippen molar-refractivity contribution in [2.45, 2.75) is 237 Å². The third-order valence-electron chi connectivity index (χ3n) is 11.3. The Morgan fingerprint density at radius 2 is 1.09 bits per heavy atom. The molecule has 9 N–H and O–H groups in total. The summed E-state index contributed by atoms with van der Waals surface area (Å²) in [6.45, 7) is 4.35. The molecule has 0 aliphatic carbocycles. The molecule has 0 bridgehead atoms. The molecular formula is C43H84N4O7. The monoisotopic (exact) mass is 769 g/mol. The summed E-state index contributed by atoms with van der Waals surface area (Å²) in [5.41, 5.74) is 9.70. The van der Waals surface area contributed by atoms with Crippen LogP contribution < -0.4 is 22.1 Å². The predicted molar refractivity (Wildman–Crippen MR) is 218 cm³/mol. The van der Waals surface area contributed by atoms with Crippen molar-refractivity contribution < 1.29 is 34.4 Å². The van der Waals surface area contributed by atoms with Gasteiger partial charge >= 0.3 is 0 Å². The number of carbonyl (C=O) groups excluding carboxylic acids is 3. The molecule has 318 valence electrons. The van der Waals surface area contributed by atoms with Gasteiger partial charge < -0.3 is 42.2 Å². The van der Waals surface area contributed by atoms with Gasteiger partial charge in [-0.25, -0.2) is 0 Å². The SMILES string of the molecule is CCCCCCCCCCCCCCCCC(C(=O)NCCCCCCCCCCCCCC)[C@]1(NC(=O)[C@@H](N)CCC(N)=O)C[C@@H](O)[C@H](O)[C@@H](CO)O1. The Labute approximate surface area is 329 Å². The van der Waals surface area contributed by atoms with E-state index in [-0.39, 0.29) is 25.2 Å². The fourth-order valence-electron chi connectivity index (χ4n) is 7.75. The molecular weight excluding hydrogens is 684 g/mol. The molecule has 0 saturated carbocycles. The molecule has 3 amide bonds. The third-order valence-corrected chi connectivity index (χ3v) is 11.3. The van der Waals surface area contributed by atoms with E-state index in [2.05, 4.69) is 24.5 Å². The van der Waals surface area contributed by atoms with Crippen LogP contribution in [-0.4, -0.2) is 76.3 Å². The van der Waals surface area contributed by atoms with Crippen molar-refractivity contribution in [3.05, 3.63) is 0 Å². The van der Waals surface area contributed by atoms with Crippen molar-refractivity contribution in [3.63, 3.8) is 0 Å². The van der Waals surface area contributed by atoms with Crippen molar-refractivity contribution >= 4 is 17.7 Å². The largest absolute Gasteiger partial charge is 0.394 e. The smallest absolute Gasteiger partial charge is 0.239 e. The van der Waals surface area contributed by atoms with Crippen LogP contribution in [0.5, 0.6) is 0 Å². The number of hydrogen-bond donors (Lipinski definition) is 7. The Balaban J connectivity index is 2.81. The van der Waals surface area contributed by atoms with Gasteiger partial charge in [-0.3, -0.25) is 14.4 Å². The van der Waals surface area contributed by atoms with Gasteiger partial charge in [0.15, 0.2) is 5.72 Å².